The smallest absolute Gasteiger partial charge is 0.143 e. The van der Waals surface area contributed by atoms with Crippen molar-refractivity contribution >= 4 is 17.5 Å². The Morgan fingerprint density at radius 3 is 2.69 bits per heavy atom. The van der Waals surface area contributed by atoms with Crippen LogP contribution in [0.2, 0.25) is 0 Å². The van der Waals surface area contributed by atoms with E-state index in [-0.39, 0.29) is 0 Å². The number of thioether (sulfide) groups is 1. The topological polar surface area (TPSA) is 17.1 Å². The van der Waals surface area contributed by atoms with Gasteiger partial charge in [-0.1, -0.05) is 30.3 Å². The van der Waals surface area contributed by atoms with Crippen LogP contribution >= 0.6 is 11.8 Å². The molecule has 13 heavy (non-hydrogen) atoms. The summed E-state index contributed by atoms with van der Waals surface area (Å²) in [6, 6.07) is 10.4. The monoisotopic (exact) mass is 192 g/mol. The molecule has 1 saturated heterocycles. The van der Waals surface area contributed by atoms with Gasteiger partial charge in [0.2, 0.25) is 0 Å². The molecule has 0 aromatic heterocycles. The van der Waals surface area contributed by atoms with Crippen molar-refractivity contribution in [1.29, 1.82) is 0 Å². The highest BCUT2D eigenvalue weighted by Crippen LogP contribution is 2.26. The zero-order chi connectivity index (χ0) is 9.10. The van der Waals surface area contributed by atoms with E-state index in [2.05, 4.69) is 24.3 Å². The highest BCUT2D eigenvalue weighted by molar-refractivity contribution is 8.01. The van der Waals surface area contributed by atoms with E-state index in [0.717, 1.165) is 18.6 Å². The number of rotatable bonds is 2. The van der Waals surface area contributed by atoms with E-state index < -0.39 is 0 Å². The molecular formula is C11H12OS. The summed E-state index contributed by atoms with van der Waals surface area (Å²) in [5.41, 5.74) is 1.34. The van der Waals surface area contributed by atoms with Gasteiger partial charge >= 0.3 is 0 Å². The van der Waals surface area contributed by atoms with Crippen LogP contribution in [0.3, 0.4) is 0 Å². The molecule has 0 saturated carbocycles. The Labute approximate surface area is 82.5 Å². The minimum absolute atomic E-state index is 0.408. The van der Waals surface area contributed by atoms with E-state index in [1.54, 1.807) is 11.8 Å². The summed E-state index contributed by atoms with van der Waals surface area (Å²) in [7, 11) is 0. The van der Waals surface area contributed by atoms with E-state index in [1.165, 1.54) is 5.56 Å². The van der Waals surface area contributed by atoms with Crippen molar-refractivity contribution in [3.05, 3.63) is 35.9 Å². The van der Waals surface area contributed by atoms with Crippen LogP contribution in [0.25, 0.3) is 0 Å². The lowest BCUT2D eigenvalue weighted by Gasteiger charge is -2.06. The molecule has 0 radical (unpaired) electrons. The van der Waals surface area contributed by atoms with Crippen LogP contribution in [0.5, 0.6) is 0 Å². The van der Waals surface area contributed by atoms with Gasteiger partial charge in [-0.25, -0.2) is 0 Å². The van der Waals surface area contributed by atoms with Crippen LogP contribution in [0.1, 0.15) is 12.0 Å². The molecule has 1 heterocycles. The minimum Gasteiger partial charge on any atom is -0.299 e. The van der Waals surface area contributed by atoms with Crippen LogP contribution in [0.4, 0.5) is 0 Å². The van der Waals surface area contributed by atoms with Crippen molar-refractivity contribution in [3.63, 3.8) is 0 Å². The summed E-state index contributed by atoms with van der Waals surface area (Å²) < 4.78 is 0. The molecule has 1 atom stereocenters. The Bertz CT molecular complexity index is 294. The molecule has 68 valence electrons. The number of Topliss-reactive ketones (excluding diaryl/α,β-unsaturated/α-hetero) is 1. The first-order valence-electron chi connectivity index (χ1n) is 4.52. The third kappa shape index (κ3) is 2.34. The van der Waals surface area contributed by atoms with Crippen molar-refractivity contribution in [2.45, 2.75) is 18.1 Å². The summed E-state index contributed by atoms with van der Waals surface area (Å²) >= 11 is 1.80. The molecule has 1 aliphatic heterocycles. The van der Waals surface area contributed by atoms with Gasteiger partial charge in [0.1, 0.15) is 5.78 Å². The van der Waals surface area contributed by atoms with E-state index in [9.17, 15) is 4.79 Å². The largest absolute Gasteiger partial charge is 0.299 e. The van der Waals surface area contributed by atoms with Gasteiger partial charge in [0.25, 0.3) is 0 Å². The molecule has 1 nitrogen and oxygen atoms in total. The number of ketones is 1. The first-order chi connectivity index (χ1) is 6.34. The van der Waals surface area contributed by atoms with Gasteiger partial charge in [0, 0.05) is 11.7 Å². The van der Waals surface area contributed by atoms with Gasteiger partial charge in [-0.2, -0.15) is 0 Å². The number of carbonyl (C=O) groups excluding carboxylic acids is 1. The van der Waals surface area contributed by atoms with E-state index in [0.29, 0.717) is 11.0 Å². The second kappa shape index (κ2) is 3.97. The van der Waals surface area contributed by atoms with Gasteiger partial charge in [0.05, 0.1) is 5.75 Å². The van der Waals surface area contributed by atoms with Gasteiger partial charge in [-0.3, -0.25) is 4.79 Å². The number of carbonyl (C=O) groups is 1. The molecule has 0 aliphatic carbocycles. The fourth-order valence-corrected chi connectivity index (χ4v) is 2.74. The van der Waals surface area contributed by atoms with Crippen molar-refractivity contribution in [1.82, 2.24) is 0 Å². The van der Waals surface area contributed by atoms with Gasteiger partial charge in [-0.05, 0) is 12.0 Å². The maximum atomic E-state index is 11.0. The third-order valence-electron chi connectivity index (χ3n) is 2.24. The highest BCUT2D eigenvalue weighted by Gasteiger charge is 2.22. The molecule has 2 rings (SSSR count). The molecule has 1 aromatic rings. The Balaban J connectivity index is 1.96. The number of hydrogen-bond acceptors (Lipinski definition) is 2. The van der Waals surface area contributed by atoms with Crippen molar-refractivity contribution in [2.75, 3.05) is 5.75 Å². The Hall–Kier alpha value is -0.760. The maximum absolute atomic E-state index is 11.0. The fraction of sp³-hybridized carbons (Fsp3) is 0.364. The summed E-state index contributed by atoms with van der Waals surface area (Å²) in [5, 5.41) is 0.523. The molecule has 0 bridgehead atoms. The second-order valence-corrected chi connectivity index (χ2v) is 4.65. The van der Waals surface area contributed by atoms with Crippen LogP contribution in [-0.4, -0.2) is 16.8 Å². The second-order valence-electron chi connectivity index (χ2n) is 3.37. The van der Waals surface area contributed by atoms with Crippen molar-refractivity contribution in [3.8, 4) is 0 Å². The molecule has 0 amide bonds. The molecule has 1 unspecified atom stereocenters. The zero-order valence-electron chi connectivity index (χ0n) is 7.40. The van der Waals surface area contributed by atoms with E-state index >= 15 is 0 Å². The average Bonchev–Trinajstić information content (AvgIpc) is 2.53. The van der Waals surface area contributed by atoms with E-state index in [4.69, 9.17) is 0 Å². The van der Waals surface area contributed by atoms with Gasteiger partial charge < -0.3 is 0 Å². The Morgan fingerprint density at radius 1 is 1.31 bits per heavy atom. The highest BCUT2D eigenvalue weighted by atomic mass is 32.2. The predicted molar refractivity (Wildman–Crippen MR) is 56.0 cm³/mol. The predicted octanol–water partition coefficient (Wildman–Crippen LogP) is 2.30. The van der Waals surface area contributed by atoms with Crippen LogP contribution in [-0.2, 0) is 11.2 Å². The standard InChI is InChI=1S/C11H12OS/c12-10-7-11(13-8-10)6-9-4-2-1-3-5-9/h1-5,11H,6-8H2. The zero-order valence-corrected chi connectivity index (χ0v) is 8.22. The lowest BCUT2D eigenvalue weighted by atomic mass is 10.1. The molecule has 1 aliphatic rings. The van der Waals surface area contributed by atoms with Crippen molar-refractivity contribution in [2.24, 2.45) is 0 Å². The van der Waals surface area contributed by atoms with Crippen LogP contribution in [0.15, 0.2) is 30.3 Å². The number of benzene rings is 1. The van der Waals surface area contributed by atoms with Crippen molar-refractivity contribution < 1.29 is 4.79 Å². The first-order valence-corrected chi connectivity index (χ1v) is 5.57. The molecule has 0 spiro atoms. The van der Waals surface area contributed by atoms with Gasteiger partial charge in [-0.15, -0.1) is 11.8 Å². The van der Waals surface area contributed by atoms with Crippen LogP contribution in [0, 0.1) is 0 Å². The average molecular weight is 192 g/mol. The summed E-state index contributed by atoms with van der Waals surface area (Å²) in [5.74, 6) is 1.13. The summed E-state index contributed by atoms with van der Waals surface area (Å²) in [4.78, 5) is 11.0. The maximum Gasteiger partial charge on any atom is 0.143 e. The summed E-state index contributed by atoms with van der Waals surface area (Å²) in [6.45, 7) is 0. The summed E-state index contributed by atoms with van der Waals surface area (Å²) in [6.07, 6.45) is 1.80. The van der Waals surface area contributed by atoms with Crippen LogP contribution < -0.4 is 0 Å². The normalized spacial score (nSPS) is 22.2. The lowest BCUT2D eigenvalue weighted by molar-refractivity contribution is -0.116. The van der Waals surface area contributed by atoms with Gasteiger partial charge in [0.15, 0.2) is 0 Å². The Kier molecular flexibility index (Phi) is 2.69. The third-order valence-corrected chi connectivity index (χ3v) is 3.53. The molecule has 0 N–H and O–H groups in total. The number of hydrogen-bond donors (Lipinski definition) is 0. The molecule has 1 fully saturated rings. The van der Waals surface area contributed by atoms with E-state index in [1.807, 2.05) is 6.07 Å². The first kappa shape index (κ1) is 8.82. The molecule has 2 heteroatoms. The minimum atomic E-state index is 0.408. The lowest BCUT2D eigenvalue weighted by Crippen LogP contribution is -2.03. The quantitative estimate of drug-likeness (QED) is 0.715. The molecular weight excluding hydrogens is 180 g/mol. The fourth-order valence-electron chi connectivity index (χ4n) is 1.59. The SMILES string of the molecule is O=C1CSC(Cc2ccccc2)C1. The Morgan fingerprint density at radius 2 is 2.08 bits per heavy atom. The molecule has 1 aromatic carbocycles.